The van der Waals surface area contributed by atoms with Gasteiger partial charge in [0.05, 0.1) is 27.6 Å². The minimum atomic E-state index is -0.922. The molecule has 214 valence electrons. The molecule has 0 amide bonds. The molecular weight excluding hydrogens is 450 g/mol. The zero-order chi connectivity index (χ0) is 27.1. The van der Waals surface area contributed by atoms with Crippen LogP contribution < -0.4 is 0 Å². The first-order valence-electron chi connectivity index (χ1n) is 15.4. The standard InChI is InChI=1S/C31H61NO4/c1-6-7-8-9-10-11-12-13-14-15-17-20-23-28(2)24-21-18-16-19-22-25-31(35)36-29(26-30(33)34)27-32(3,4)5/h28-29H,6-27H2,1-5H3/p+1. The molecule has 0 aromatic rings. The molecule has 0 aliphatic heterocycles. The summed E-state index contributed by atoms with van der Waals surface area (Å²) in [6.07, 6.45) is 25.0. The molecule has 0 radical (unpaired) electrons. The van der Waals surface area contributed by atoms with Crippen molar-refractivity contribution in [3.05, 3.63) is 0 Å². The fourth-order valence-corrected chi connectivity index (χ4v) is 4.96. The molecule has 36 heavy (non-hydrogen) atoms. The zero-order valence-electron chi connectivity index (χ0n) is 24.8. The number of quaternary nitrogens is 1. The van der Waals surface area contributed by atoms with Crippen molar-refractivity contribution in [2.75, 3.05) is 27.7 Å². The second-order valence-electron chi connectivity index (χ2n) is 12.3. The molecule has 5 nitrogen and oxygen atoms in total. The van der Waals surface area contributed by atoms with Gasteiger partial charge in [-0.15, -0.1) is 0 Å². The molecule has 0 aromatic carbocycles. The van der Waals surface area contributed by atoms with Gasteiger partial charge in [0, 0.05) is 6.42 Å². The molecule has 0 fully saturated rings. The number of unbranched alkanes of at least 4 members (excludes halogenated alkanes) is 15. The maximum Gasteiger partial charge on any atom is 0.307 e. The SMILES string of the molecule is CCCCCCCCCCCCCCC(C)CCCCCCCC(=O)OC(CC(=O)O)C[N+](C)(C)C. The van der Waals surface area contributed by atoms with Gasteiger partial charge in [-0.25, -0.2) is 0 Å². The van der Waals surface area contributed by atoms with Crippen LogP contribution in [-0.4, -0.2) is 55.3 Å². The van der Waals surface area contributed by atoms with E-state index < -0.39 is 12.1 Å². The second-order valence-corrected chi connectivity index (χ2v) is 12.3. The number of likely N-dealkylation sites (N-methyl/N-ethyl adjacent to an activating group) is 1. The number of rotatable bonds is 26. The van der Waals surface area contributed by atoms with Crippen LogP contribution in [0.1, 0.15) is 149 Å². The third-order valence-corrected chi connectivity index (χ3v) is 7.08. The summed E-state index contributed by atoms with van der Waals surface area (Å²) in [6.45, 7) is 5.19. The minimum Gasteiger partial charge on any atom is -0.481 e. The summed E-state index contributed by atoms with van der Waals surface area (Å²) in [5, 5.41) is 9.06. The van der Waals surface area contributed by atoms with Crippen LogP contribution in [0.3, 0.4) is 0 Å². The van der Waals surface area contributed by atoms with Gasteiger partial charge in [-0.3, -0.25) is 9.59 Å². The number of carbonyl (C=O) groups excluding carboxylic acids is 1. The first-order chi connectivity index (χ1) is 17.1. The first kappa shape index (κ1) is 34.9. The number of ether oxygens (including phenoxy) is 1. The smallest absolute Gasteiger partial charge is 0.307 e. The van der Waals surface area contributed by atoms with E-state index in [9.17, 15) is 9.59 Å². The molecule has 0 rings (SSSR count). The van der Waals surface area contributed by atoms with E-state index in [1.807, 2.05) is 21.1 Å². The van der Waals surface area contributed by atoms with Crippen molar-refractivity contribution in [2.24, 2.45) is 5.92 Å². The maximum absolute atomic E-state index is 12.1. The summed E-state index contributed by atoms with van der Waals surface area (Å²) >= 11 is 0. The number of carboxylic acids is 1. The fourth-order valence-electron chi connectivity index (χ4n) is 4.96. The number of carboxylic acid groups (broad SMARTS) is 1. The summed E-state index contributed by atoms with van der Waals surface area (Å²) in [4.78, 5) is 23.2. The molecule has 2 unspecified atom stereocenters. The molecule has 0 saturated carbocycles. The Balaban J connectivity index is 3.57. The van der Waals surface area contributed by atoms with E-state index in [0.717, 1.165) is 25.2 Å². The van der Waals surface area contributed by atoms with Crippen molar-refractivity contribution in [1.29, 1.82) is 0 Å². The monoisotopic (exact) mass is 512 g/mol. The quantitative estimate of drug-likeness (QED) is 0.0716. The highest BCUT2D eigenvalue weighted by molar-refractivity contribution is 5.71. The van der Waals surface area contributed by atoms with Gasteiger partial charge in [0.15, 0.2) is 6.10 Å². The van der Waals surface area contributed by atoms with E-state index in [0.29, 0.717) is 17.4 Å². The van der Waals surface area contributed by atoms with Crippen molar-refractivity contribution in [3.8, 4) is 0 Å². The Morgan fingerprint density at radius 2 is 1.11 bits per heavy atom. The first-order valence-corrected chi connectivity index (χ1v) is 15.4. The summed E-state index contributed by atoms with van der Waals surface area (Å²) < 4.78 is 6.03. The van der Waals surface area contributed by atoms with Gasteiger partial charge in [-0.05, 0) is 12.3 Å². The summed E-state index contributed by atoms with van der Waals surface area (Å²) in [7, 11) is 5.92. The van der Waals surface area contributed by atoms with Crippen molar-refractivity contribution in [3.63, 3.8) is 0 Å². The van der Waals surface area contributed by atoms with Gasteiger partial charge < -0.3 is 14.3 Å². The molecule has 0 spiro atoms. The molecule has 0 heterocycles. The Morgan fingerprint density at radius 1 is 0.694 bits per heavy atom. The number of aliphatic carboxylic acids is 1. The van der Waals surface area contributed by atoms with Crippen LogP contribution in [0, 0.1) is 5.92 Å². The normalized spacial score (nSPS) is 13.5. The third-order valence-electron chi connectivity index (χ3n) is 7.08. The third kappa shape index (κ3) is 26.0. The number of carbonyl (C=O) groups is 2. The molecule has 0 bridgehead atoms. The van der Waals surface area contributed by atoms with Crippen molar-refractivity contribution in [2.45, 2.75) is 155 Å². The number of esters is 1. The molecule has 0 saturated heterocycles. The van der Waals surface area contributed by atoms with Gasteiger partial charge in [-0.1, -0.05) is 129 Å². The van der Waals surface area contributed by atoms with Gasteiger partial charge in [0.25, 0.3) is 0 Å². The van der Waals surface area contributed by atoms with Crippen LogP contribution in [0.25, 0.3) is 0 Å². The van der Waals surface area contributed by atoms with E-state index in [2.05, 4.69) is 13.8 Å². The van der Waals surface area contributed by atoms with Gasteiger partial charge in [0.1, 0.15) is 6.54 Å². The van der Waals surface area contributed by atoms with Crippen molar-refractivity contribution < 1.29 is 23.9 Å². The highest BCUT2D eigenvalue weighted by atomic mass is 16.5. The lowest BCUT2D eigenvalue weighted by Crippen LogP contribution is -2.43. The lowest BCUT2D eigenvalue weighted by atomic mass is 9.96. The van der Waals surface area contributed by atoms with Crippen molar-refractivity contribution >= 4 is 11.9 Å². The Kier molecular flexibility index (Phi) is 22.3. The average Bonchev–Trinajstić information content (AvgIpc) is 2.77. The minimum absolute atomic E-state index is 0.126. The van der Waals surface area contributed by atoms with Crippen LogP contribution in [0.4, 0.5) is 0 Å². The fraction of sp³-hybridized carbons (Fsp3) is 0.935. The van der Waals surface area contributed by atoms with Crippen LogP contribution in [0.2, 0.25) is 0 Å². The van der Waals surface area contributed by atoms with Crippen LogP contribution in [0.15, 0.2) is 0 Å². The van der Waals surface area contributed by atoms with Gasteiger partial charge in [0.2, 0.25) is 0 Å². The summed E-state index contributed by atoms with van der Waals surface area (Å²) in [5.41, 5.74) is 0. The molecule has 0 aliphatic rings. The summed E-state index contributed by atoms with van der Waals surface area (Å²) in [5.74, 6) is -0.351. The van der Waals surface area contributed by atoms with E-state index in [1.54, 1.807) is 0 Å². The van der Waals surface area contributed by atoms with Crippen LogP contribution >= 0.6 is 0 Å². The average molecular weight is 513 g/mol. The lowest BCUT2D eigenvalue weighted by Gasteiger charge is -2.28. The predicted octanol–water partition coefficient (Wildman–Crippen LogP) is 8.54. The van der Waals surface area contributed by atoms with E-state index >= 15 is 0 Å². The Hall–Kier alpha value is -1.10. The molecule has 0 aromatic heterocycles. The van der Waals surface area contributed by atoms with Crippen molar-refractivity contribution in [1.82, 2.24) is 0 Å². The zero-order valence-corrected chi connectivity index (χ0v) is 24.8. The molecule has 0 aliphatic carbocycles. The van der Waals surface area contributed by atoms with E-state index in [4.69, 9.17) is 9.84 Å². The largest absolute Gasteiger partial charge is 0.481 e. The van der Waals surface area contributed by atoms with Gasteiger partial charge >= 0.3 is 11.9 Å². The Morgan fingerprint density at radius 3 is 1.53 bits per heavy atom. The molecule has 2 atom stereocenters. The predicted molar refractivity (Wildman–Crippen MR) is 152 cm³/mol. The number of hydrogen-bond acceptors (Lipinski definition) is 3. The summed E-state index contributed by atoms with van der Waals surface area (Å²) in [6, 6.07) is 0. The Labute approximate surface area is 224 Å². The molecular formula is C31H62NO4+. The lowest BCUT2D eigenvalue weighted by molar-refractivity contribution is -0.873. The van der Waals surface area contributed by atoms with Gasteiger partial charge in [-0.2, -0.15) is 0 Å². The van der Waals surface area contributed by atoms with E-state index in [1.165, 1.54) is 103 Å². The highest BCUT2D eigenvalue weighted by Crippen LogP contribution is 2.19. The molecule has 1 N–H and O–H groups in total. The van der Waals surface area contributed by atoms with E-state index in [-0.39, 0.29) is 12.4 Å². The number of nitrogens with zero attached hydrogens (tertiary/aromatic N) is 1. The topological polar surface area (TPSA) is 63.6 Å². The van der Waals surface area contributed by atoms with Crippen LogP contribution in [-0.2, 0) is 14.3 Å². The maximum atomic E-state index is 12.1. The Bertz CT molecular complexity index is 529. The molecule has 5 heteroatoms. The second kappa shape index (κ2) is 23.0. The highest BCUT2D eigenvalue weighted by Gasteiger charge is 2.24. The van der Waals surface area contributed by atoms with Crippen LogP contribution in [0.5, 0.6) is 0 Å². The number of hydrogen-bond donors (Lipinski definition) is 1.